The van der Waals surface area contributed by atoms with Gasteiger partial charge in [-0.1, -0.05) is 0 Å². The van der Waals surface area contributed by atoms with Crippen LogP contribution in [-0.4, -0.2) is 37.4 Å². The maximum Gasteiger partial charge on any atom is 0.416 e. The largest absolute Gasteiger partial charge is 0.416 e. The number of alkyl halides is 3. The van der Waals surface area contributed by atoms with Crippen molar-refractivity contribution in [3.63, 3.8) is 0 Å². The Kier molecular flexibility index (Phi) is 5.46. The molecule has 0 aliphatic carbocycles. The zero-order valence-electron chi connectivity index (χ0n) is 10.5. The predicted molar refractivity (Wildman–Crippen MR) is 61.6 cm³/mol. The Balaban J connectivity index is 2.81. The van der Waals surface area contributed by atoms with E-state index in [1.165, 1.54) is 7.11 Å². The molecule has 0 radical (unpaired) electrons. The molecule has 112 valence electrons. The van der Waals surface area contributed by atoms with Crippen molar-refractivity contribution in [2.24, 2.45) is 0 Å². The molecule has 0 aliphatic heterocycles. The van der Waals surface area contributed by atoms with Crippen molar-refractivity contribution < 1.29 is 32.2 Å². The van der Waals surface area contributed by atoms with E-state index in [4.69, 9.17) is 0 Å². The van der Waals surface area contributed by atoms with Gasteiger partial charge in [0.2, 0.25) is 0 Å². The Morgan fingerprint density at radius 2 is 2.05 bits per heavy atom. The number of carbonyl (C=O) groups excluding carboxylic acids is 1. The van der Waals surface area contributed by atoms with Crippen LogP contribution in [0.1, 0.15) is 15.9 Å². The average Bonchev–Trinajstić information content (AvgIpc) is 2.34. The first-order valence-corrected chi connectivity index (χ1v) is 5.57. The first-order chi connectivity index (χ1) is 9.24. The lowest BCUT2D eigenvalue weighted by molar-refractivity contribution is -0.137. The van der Waals surface area contributed by atoms with Gasteiger partial charge in [-0.15, -0.1) is 0 Å². The van der Waals surface area contributed by atoms with E-state index in [0.717, 1.165) is 0 Å². The minimum Gasteiger partial charge on any atom is -0.389 e. The number of rotatable bonds is 5. The molecule has 0 spiro atoms. The Hall–Kier alpha value is -1.67. The third-order valence-electron chi connectivity index (χ3n) is 2.34. The Bertz CT molecular complexity index is 476. The van der Waals surface area contributed by atoms with Crippen molar-refractivity contribution in [3.05, 3.63) is 35.1 Å². The molecule has 1 amide bonds. The zero-order valence-corrected chi connectivity index (χ0v) is 10.5. The number of methoxy groups -OCH3 is 1. The fraction of sp³-hybridized carbons (Fsp3) is 0.417. The summed E-state index contributed by atoms with van der Waals surface area (Å²) < 4.78 is 55.1. The first-order valence-electron chi connectivity index (χ1n) is 5.57. The van der Waals surface area contributed by atoms with Crippen LogP contribution in [0.3, 0.4) is 0 Å². The molecule has 1 aromatic rings. The standard InChI is InChI=1S/C12H13F4NO3/c1-20-6-10(18)5-17-11(19)7-2-8(12(14,15)16)4-9(13)3-7/h2-4,10,18H,5-6H2,1H3,(H,17,19). The molecular weight excluding hydrogens is 282 g/mol. The van der Waals surface area contributed by atoms with E-state index in [1.54, 1.807) is 0 Å². The number of halogens is 4. The molecule has 0 saturated carbocycles. The molecule has 1 rings (SSSR count). The second-order valence-corrected chi connectivity index (χ2v) is 4.05. The summed E-state index contributed by atoms with van der Waals surface area (Å²) in [5.41, 5.74) is -1.72. The molecule has 4 nitrogen and oxygen atoms in total. The molecule has 0 fully saturated rings. The lowest BCUT2D eigenvalue weighted by Gasteiger charge is -2.12. The number of aliphatic hydroxyl groups is 1. The number of nitrogens with one attached hydrogen (secondary N) is 1. The summed E-state index contributed by atoms with van der Waals surface area (Å²) in [4.78, 5) is 11.6. The van der Waals surface area contributed by atoms with Gasteiger partial charge in [-0.2, -0.15) is 13.2 Å². The monoisotopic (exact) mass is 295 g/mol. The summed E-state index contributed by atoms with van der Waals surface area (Å²) in [6.07, 6.45) is -5.74. The Morgan fingerprint density at radius 1 is 1.40 bits per heavy atom. The quantitative estimate of drug-likeness (QED) is 0.811. The van der Waals surface area contributed by atoms with Gasteiger partial charge in [0, 0.05) is 19.2 Å². The lowest BCUT2D eigenvalue weighted by atomic mass is 10.1. The van der Waals surface area contributed by atoms with E-state index in [9.17, 15) is 27.5 Å². The highest BCUT2D eigenvalue weighted by Crippen LogP contribution is 2.30. The van der Waals surface area contributed by atoms with Gasteiger partial charge in [-0.05, 0) is 18.2 Å². The topological polar surface area (TPSA) is 58.6 Å². The predicted octanol–water partition coefficient (Wildman–Crippen LogP) is 1.58. The van der Waals surface area contributed by atoms with Crippen LogP contribution < -0.4 is 5.32 Å². The number of amides is 1. The van der Waals surface area contributed by atoms with Gasteiger partial charge < -0.3 is 15.2 Å². The van der Waals surface area contributed by atoms with Crippen molar-refractivity contribution >= 4 is 5.91 Å². The third kappa shape index (κ3) is 4.78. The van der Waals surface area contributed by atoms with Crippen molar-refractivity contribution in [2.45, 2.75) is 12.3 Å². The molecule has 0 aliphatic rings. The zero-order chi connectivity index (χ0) is 15.3. The summed E-state index contributed by atoms with van der Waals surface area (Å²) in [5, 5.41) is 11.5. The van der Waals surface area contributed by atoms with Crippen LogP contribution in [0.5, 0.6) is 0 Å². The number of carbonyl (C=O) groups is 1. The first kappa shape index (κ1) is 16.4. The molecule has 20 heavy (non-hydrogen) atoms. The molecule has 2 N–H and O–H groups in total. The summed E-state index contributed by atoms with van der Waals surface area (Å²) >= 11 is 0. The molecule has 1 atom stereocenters. The van der Waals surface area contributed by atoms with E-state index in [1.807, 2.05) is 0 Å². The molecule has 0 aromatic heterocycles. The fourth-order valence-electron chi connectivity index (χ4n) is 1.45. The Morgan fingerprint density at radius 3 is 2.60 bits per heavy atom. The second kappa shape index (κ2) is 6.67. The highest BCUT2D eigenvalue weighted by molar-refractivity contribution is 5.94. The molecule has 0 bridgehead atoms. The molecule has 8 heteroatoms. The summed E-state index contributed by atoms with van der Waals surface area (Å²) in [7, 11) is 1.34. The summed E-state index contributed by atoms with van der Waals surface area (Å²) in [6, 6.07) is 1.53. The van der Waals surface area contributed by atoms with Crippen molar-refractivity contribution in [2.75, 3.05) is 20.3 Å². The maximum absolute atomic E-state index is 13.1. The molecule has 0 heterocycles. The van der Waals surface area contributed by atoms with Crippen LogP contribution in [0.15, 0.2) is 18.2 Å². The van der Waals surface area contributed by atoms with Gasteiger partial charge in [-0.25, -0.2) is 4.39 Å². The number of benzene rings is 1. The van der Waals surface area contributed by atoms with E-state index < -0.39 is 35.1 Å². The van der Waals surface area contributed by atoms with E-state index in [0.29, 0.717) is 18.2 Å². The van der Waals surface area contributed by atoms with Gasteiger partial charge in [-0.3, -0.25) is 4.79 Å². The van der Waals surface area contributed by atoms with Crippen LogP contribution in [0.25, 0.3) is 0 Å². The summed E-state index contributed by atoms with van der Waals surface area (Å²) in [5.74, 6) is -2.08. The highest BCUT2D eigenvalue weighted by atomic mass is 19.4. The van der Waals surface area contributed by atoms with Crippen LogP contribution in [0, 0.1) is 5.82 Å². The molecular formula is C12H13F4NO3. The van der Waals surface area contributed by atoms with Gasteiger partial charge in [0.05, 0.1) is 18.3 Å². The number of hydrogen-bond acceptors (Lipinski definition) is 3. The second-order valence-electron chi connectivity index (χ2n) is 4.05. The van der Waals surface area contributed by atoms with Crippen LogP contribution in [0.2, 0.25) is 0 Å². The maximum atomic E-state index is 13.1. The van der Waals surface area contributed by atoms with E-state index in [2.05, 4.69) is 10.1 Å². The Labute approximate surface area is 112 Å². The average molecular weight is 295 g/mol. The van der Waals surface area contributed by atoms with Crippen molar-refractivity contribution in [1.82, 2.24) is 5.32 Å². The minimum absolute atomic E-state index is 0.0444. The number of hydrogen-bond donors (Lipinski definition) is 2. The molecule has 0 saturated heterocycles. The highest BCUT2D eigenvalue weighted by Gasteiger charge is 2.32. The van der Waals surface area contributed by atoms with Gasteiger partial charge in [0.25, 0.3) is 5.91 Å². The SMILES string of the molecule is COCC(O)CNC(=O)c1cc(F)cc(C(F)(F)F)c1. The minimum atomic E-state index is -4.74. The van der Waals surface area contributed by atoms with Crippen molar-refractivity contribution in [3.8, 4) is 0 Å². The third-order valence-corrected chi connectivity index (χ3v) is 2.34. The van der Waals surface area contributed by atoms with Gasteiger partial charge in [0.15, 0.2) is 0 Å². The van der Waals surface area contributed by atoms with Crippen LogP contribution in [-0.2, 0) is 10.9 Å². The van der Waals surface area contributed by atoms with Gasteiger partial charge in [0.1, 0.15) is 5.82 Å². The van der Waals surface area contributed by atoms with E-state index in [-0.39, 0.29) is 13.2 Å². The normalized spacial score (nSPS) is 13.1. The number of aliphatic hydroxyl groups excluding tert-OH is 1. The van der Waals surface area contributed by atoms with Crippen LogP contribution >= 0.6 is 0 Å². The summed E-state index contributed by atoms with van der Waals surface area (Å²) in [6.45, 7) is -0.262. The van der Waals surface area contributed by atoms with E-state index >= 15 is 0 Å². The lowest BCUT2D eigenvalue weighted by Crippen LogP contribution is -2.34. The number of ether oxygens (including phenoxy) is 1. The fourth-order valence-corrected chi connectivity index (χ4v) is 1.45. The van der Waals surface area contributed by atoms with Crippen LogP contribution in [0.4, 0.5) is 17.6 Å². The van der Waals surface area contributed by atoms with Gasteiger partial charge >= 0.3 is 6.18 Å². The molecule has 1 aromatic carbocycles. The smallest absolute Gasteiger partial charge is 0.389 e. The molecule has 1 unspecified atom stereocenters. The van der Waals surface area contributed by atoms with Crippen molar-refractivity contribution in [1.29, 1.82) is 0 Å².